The first-order chi connectivity index (χ1) is 17.4. The molecule has 182 valence electrons. The van der Waals surface area contributed by atoms with Crippen LogP contribution in [-0.2, 0) is 14.1 Å². The lowest BCUT2D eigenvalue weighted by molar-refractivity contribution is 0.198. The Morgan fingerprint density at radius 2 is 1.97 bits per heavy atom. The van der Waals surface area contributed by atoms with Crippen LogP contribution in [0.2, 0.25) is 5.02 Å². The van der Waals surface area contributed by atoms with E-state index in [9.17, 15) is 9.90 Å². The van der Waals surface area contributed by atoms with Gasteiger partial charge >= 0.3 is 6.09 Å². The average Bonchev–Trinajstić information content (AvgIpc) is 3.51. The van der Waals surface area contributed by atoms with Crippen molar-refractivity contribution in [2.45, 2.75) is 25.2 Å². The van der Waals surface area contributed by atoms with Gasteiger partial charge < -0.3 is 15.0 Å². The maximum atomic E-state index is 12.5. The zero-order valence-corrected chi connectivity index (χ0v) is 20.6. The molecule has 10 heteroatoms. The predicted molar refractivity (Wildman–Crippen MR) is 139 cm³/mol. The Morgan fingerprint density at radius 1 is 1.14 bits per heavy atom. The Balaban J connectivity index is 1.44. The number of rotatable bonds is 5. The molecular formula is C26H24ClN7O2. The van der Waals surface area contributed by atoms with Crippen molar-refractivity contribution in [3.05, 3.63) is 66.0 Å². The van der Waals surface area contributed by atoms with Crippen LogP contribution >= 0.6 is 11.6 Å². The highest BCUT2D eigenvalue weighted by molar-refractivity contribution is 6.33. The second-order valence-electron chi connectivity index (χ2n) is 9.21. The molecule has 5 aromatic rings. The monoisotopic (exact) mass is 501 g/mol. The van der Waals surface area contributed by atoms with Crippen molar-refractivity contribution in [3.63, 3.8) is 0 Å². The summed E-state index contributed by atoms with van der Waals surface area (Å²) in [6.07, 6.45) is 11.0. The fraction of sp³-hybridized carbons (Fsp3) is 0.231. The number of imidazole rings is 1. The topological polar surface area (TPSA) is 103 Å². The maximum absolute atomic E-state index is 12.5. The standard InChI is InChI=1S/C26H24ClN7O2/c1-32-14-28-12-22(32)16-6-7-20(19(27)8-16)31-23-9-21-18(11-29-23)24(15-4-3-5-15)25(34(21)26(35)36)17-10-30-33(2)13-17/h6-15H,3-5H2,1-2H3,(H,29,31)(H,35,36). The highest BCUT2D eigenvalue weighted by atomic mass is 35.5. The van der Waals surface area contributed by atoms with Crippen LogP contribution < -0.4 is 5.32 Å². The van der Waals surface area contributed by atoms with Crippen molar-refractivity contribution in [1.29, 1.82) is 0 Å². The number of aryl methyl sites for hydroxylation is 2. The molecule has 0 spiro atoms. The lowest BCUT2D eigenvalue weighted by Gasteiger charge is -2.26. The zero-order chi connectivity index (χ0) is 25.0. The van der Waals surface area contributed by atoms with E-state index in [0.717, 1.165) is 47.0 Å². The molecule has 0 radical (unpaired) electrons. The van der Waals surface area contributed by atoms with E-state index in [2.05, 4.69) is 20.4 Å². The van der Waals surface area contributed by atoms with Crippen molar-refractivity contribution in [1.82, 2.24) is 28.9 Å². The number of halogens is 1. The van der Waals surface area contributed by atoms with Crippen LogP contribution in [0.1, 0.15) is 30.7 Å². The van der Waals surface area contributed by atoms with Crippen molar-refractivity contribution in [2.75, 3.05) is 5.32 Å². The molecule has 4 heterocycles. The minimum Gasteiger partial charge on any atom is -0.464 e. The lowest BCUT2D eigenvalue weighted by atomic mass is 9.78. The van der Waals surface area contributed by atoms with Crippen LogP contribution in [-0.4, -0.2) is 40.1 Å². The Kier molecular flexibility index (Phi) is 5.30. The molecule has 1 aromatic carbocycles. The summed E-state index contributed by atoms with van der Waals surface area (Å²) >= 11 is 6.60. The van der Waals surface area contributed by atoms with Crippen LogP contribution in [0.15, 0.2) is 55.4 Å². The molecule has 1 aliphatic rings. The number of aromatic nitrogens is 6. The number of pyridine rings is 1. The molecule has 36 heavy (non-hydrogen) atoms. The Bertz CT molecular complexity index is 1630. The third-order valence-electron chi connectivity index (χ3n) is 6.92. The average molecular weight is 502 g/mol. The minimum atomic E-state index is -1.04. The molecule has 0 saturated heterocycles. The van der Waals surface area contributed by atoms with Gasteiger partial charge in [-0.1, -0.05) is 24.1 Å². The van der Waals surface area contributed by atoms with E-state index in [4.69, 9.17) is 11.6 Å². The molecule has 6 rings (SSSR count). The predicted octanol–water partition coefficient (Wildman–Crippen LogP) is 6.03. The molecule has 9 nitrogen and oxygen atoms in total. The van der Waals surface area contributed by atoms with Crippen LogP contribution in [0.25, 0.3) is 33.4 Å². The largest absolute Gasteiger partial charge is 0.464 e. The van der Waals surface area contributed by atoms with Gasteiger partial charge in [0.1, 0.15) is 5.82 Å². The molecular weight excluding hydrogens is 478 g/mol. The fourth-order valence-corrected chi connectivity index (χ4v) is 5.19. The number of benzene rings is 1. The van der Waals surface area contributed by atoms with Gasteiger partial charge in [0.15, 0.2) is 0 Å². The molecule has 1 aliphatic carbocycles. The molecule has 0 unspecified atom stereocenters. The van der Waals surface area contributed by atoms with Gasteiger partial charge in [0.2, 0.25) is 0 Å². The number of hydrogen-bond acceptors (Lipinski definition) is 5. The molecule has 1 fully saturated rings. The molecule has 0 atom stereocenters. The van der Waals surface area contributed by atoms with E-state index in [0.29, 0.717) is 33.7 Å². The first-order valence-electron chi connectivity index (χ1n) is 11.7. The number of hydrogen-bond donors (Lipinski definition) is 2. The van der Waals surface area contributed by atoms with E-state index in [-0.39, 0.29) is 0 Å². The van der Waals surface area contributed by atoms with Gasteiger partial charge in [-0.15, -0.1) is 0 Å². The highest BCUT2D eigenvalue weighted by Gasteiger charge is 2.31. The van der Waals surface area contributed by atoms with Gasteiger partial charge in [0, 0.05) is 49.1 Å². The Morgan fingerprint density at radius 3 is 2.58 bits per heavy atom. The van der Waals surface area contributed by atoms with Crippen LogP contribution in [0.3, 0.4) is 0 Å². The number of fused-ring (bicyclic) bond motifs is 1. The first-order valence-corrected chi connectivity index (χ1v) is 12.1. The number of nitrogens with zero attached hydrogens (tertiary/aromatic N) is 6. The quantitative estimate of drug-likeness (QED) is 0.305. The van der Waals surface area contributed by atoms with E-state index in [1.54, 1.807) is 35.7 Å². The van der Waals surface area contributed by atoms with Gasteiger partial charge in [-0.05, 0) is 36.5 Å². The van der Waals surface area contributed by atoms with Crippen molar-refractivity contribution in [3.8, 4) is 22.5 Å². The van der Waals surface area contributed by atoms with E-state index < -0.39 is 6.09 Å². The van der Waals surface area contributed by atoms with E-state index in [1.165, 1.54) is 4.57 Å². The summed E-state index contributed by atoms with van der Waals surface area (Å²) in [6.45, 7) is 0. The van der Waals surface area contributed by atoms with Gasteiger partial charge in [0.25, 0.3) is 0 Å². The SMILES string of the molecule is Cn1cc(-c2c(C3CCC3)c3cnc(Nc4ccc(-c5cncn5C)cc4Cl)cc3n2C(=O)O)cn1. The fourth-order valence-electron chi connectivity index (χ4n) is 4.96. The van der Waals surface area contributed by atoms with Gasteiger partial charge in [-0.3, -0.25) is 4.68 Å². The van der Waals surface area contributed by atoms with Gasteiger partial charge in [-0.25, -0.2) is 19.3 Å². The summed E-state index contributed by atoms with van der Waals surface area (Å²) < 4.78 is 4.97. The lowest BCUT2D eigenvalue weighted by Crippen LogP contribution is -2.13. The molecule has 0 amide bonds. The molecule has 4 aromatic heterocycles. The first kappa shape index (κ1) is 22.4. The second kappa shape index (κ2) is 8.53. The minimum absolute atomic E-state index is 0.304. The highest BCUT2D eigenvalue weighted by Crippen LogP contribution is 2.46. The molecule has 2 N–H and O–H groups in total. The Labute approximate surface area is 212 Å². The molecule has 0 aliphatic heterocycles. The third kappa shape index (κ3) is 3.63. The summed E-state index contributed by atoms with van der Waals surface area (Å²) in [4.78, 5) is 21.3. The smallest absolute Gasteiger partial charge is 0.416 e. The van der Waals surface area contributed by atoms with Crippen LogP contribution in [0.5, 0.6) is 0 Å². The third-order valence-corrected chi connectivity index (χ3v) is 7.23. The summed E-state index contributed by atoms with van der Waals surface area (Å²) in [6, 6.07) is 7.48. The van der Waals surface area contributed by atoms with Gasteiger partial charge in [0.05, 0.1) is 46.3 Å². The second-order valence-corrected chi connectivity index (χ2v) is 9.61. The van der Waals surface area contributed by atoms with Crippen LogP contribution in [0.4, 0.5) is 16.3 Å². The summed E-state index contributed by atoms with van der Waals surface area (Å²) in [5.74, 6) is 0.813. The van der Waals surface area contributed by atoms with E-state index >= 15 is 0 Å². The summed E-state index contributed by atoms with van der Waals surface area (Å²) in [5.41, 5.74) is 5.64. The number of carbonyl (C=O) groups is 1. The van der Waals surface area contributed by atoms with Gasteiger partial charge in [-0.2, -0.15) is 5.10 Å². The van der Waals surface area contributed by atoms with Crippen molar-refractivity contribution >= 4 is 40.1 Å². The maximum Gasteiger partial charge on any atom is 0.416 e. The number of nitrogens with one attached hydrogen (secondary N) is 1. The molecule has 1 saturated carbocycles. The number of anilines is 2. The summed E-state index contributed by atoms with van der Waals surface area (Å²) in [5, 5.41) is 19.2. The molecule has 0 bridgehead atoms. The summed E-state index contributed by atoms with van der Waals surface area (Å²) in [7, 11) is 3.75. The zero-order valence-electron chi connectivity index (χ0n) is 19.8. The number of carboxylic acid groups (broad SMARTS) is 1. The Hall–Kier alpha value is -4.11. The normalized spacial score (nSPS) is 13.8. The van der Waals surface area contributed by atoms with Crippen molar-refractivity contribution in [2.24, 2.45) is 14.1 Å². The van der Waals surface area contributed by atoms with Crippen molar-refractivity contribution < 1.29 is 9.90 Å². The van der Waals surface area contributed by atoms with Crippen LogP contribution in [0, 0.1) is 0 Å². The van der Waals surface area contributed by atoms with E-state index in [1.807, 2.05) is 43.1 Å².